The molecular formula is C15H20ClN3O2. The molecule has 21 heavy (non-hydrogen) atoms. The smallest absolute Gasteiger partial charge is 0.238 e. The van der Waals surface area contributed by atoms with E-state index in [0.717, 1.165) is 0 Å². The van der Waals surface area contributed by atoms with Crippen molar-refractivity contribution in [3.05, 3.63) is 35.9 Å². The second kappa shape index (κ2) is 8.44. The molecule has 0 spiro atoms. The van der Waals surface area contributed by atoms with Gasteiger partial charge in [-0.05, 0) is 30.8 Å². The van der Waals surface area contributed by atoms with Gasteiger partial charge in [0.15, 0.2) is 0 Å². The molecule has 5 nitrogen and oxygen atoms in total. The molecule has 6 heteroatoms. The summed E-state index contributed by atoms with van der Waals surface area (Å²) in [6.45, 7) is 8.46. The van der Waals surface area contributed by atoms with Gasteiger partial charge >= 0.3 is 0 Å². The number of amides is 2. The maximum Gasteiger partial charge on any atom is 0.238 e. The van der Waals surface area contributed by atoms with Crippen molar-refractivity contribution in [1.82, 2.24) is 4.90 Å². The van der Waals surface area contributed by atoms with Crippen molar-refractivity contribution < 1.29 is 9.59 Å². The topological polar surface area (TPSA) is 61.4 Å². The number of rotatable bonds is 7. The van der Waals surface area contributed by atoms with Gasteiger partial charge in [-0.2, -0.15) is 0 Å². The van der Waals surface area contributed by atoms with E-state index in [1.165, 1.54) is 6.92 Å². The Hall–Kier alpha value is -1.85. The summed E-state index contributed by atoms with van der Waals surface area (Å²) in [5, 5.41) is 5.96. The Morgan fingerprint density at radius 2 is 1.67 bits per heavy atom. The lowest BCUT2D eigenvalue weighted by Gasteiger charge is -2.19. The van der Waals surface area contributed by atoms with Crippen molar-refractivity contribution in [3.8, 4) is 0 Å². The zero-order chi connectivity index (χ0) is 15.8. The average Bonchev–Trinajstić information content (AvgIpc) is 2.39. The molecule has 1 rings (SSSR count). The van der Waals surface area contributed by atoms with Crippen LogP contribution in [0.4, 0.5) is 11.4 Å². The third-order valence-corrected chi connectivity index (χ3v) is 2.82. The van der Waals surface area contributed by atoms with E-state index in [1.807, 2.05) is 11.8 Å². The van der Waals surface area contributed by atoms with Gasteiger partial charge in [-0.25, -0.2) is 0 Å². The molecule has 0 aliphatic carbocycles. The molecular weight excluding hydrogens is 290 g/mol. The first-order valence-electron chi connectivity index (χ1n) is 6.64. The molecule has 2 amide bonds. The van der Waals surface area contributed by atoms with Crippen molar-refractivity contribution in [3.63, 3.8) is 0 Å². The van der Waals surface area contributed by atoms with Crippen LogP contribution in [0.3, 0.4) is 0 Å². The number of anilines is 2. The van der Waals surface area contributed by atoms with Crippen LogP contribution in [0, 0.1) is 0 Å². The van der Waals surface area contributed by atoms with E-state index in [2.05, 4.69) is 17.2 Å². The molecule has 0 saturated carbocycles. The molecule has 0 saturated heterocycles. The van der Waals surface area contributed by atoms with Crippen LogP contribution in [0.1, 0.15) is 13.8 Å². The Kier molecular flexibility index (Phi) is 6.91. The maximum atomic E-state index is 11.9. The zero-order valence-electron chi connectivity index (χ0n) is 12.3. The van der Waals surface area contributed by atoms with E-state index in [-0.39, 0.29) is 18.4 Å². The van der Waals surface area contributed by atoms with Gasteiger partial charge in [-0.15, -0.1) is 0 Å². The van der Waals surface area contributed by atoms with Gasteiger partial charge in [-0.3, -0.25) is 14.5 Å². The Bertz CT molecular complexity index is 514. The normalized spacial score (nSPS) is 10.3. The highest BCUT2D eigenvalue weighted by Crippen LogP contribution is 2.13. The quantitative estimate of drug-likeness (QED) is 0.814. The second-order valence-electron chi connectivity index (χ2n) is 4.63. The zero-order valence-corrected chi connectivity index (χ0v) is 13.0. The number of hydrogen-bond acceptors (Lipinski definition) is 3. The van der Waals surface area contributed by atoms with E-state index in [1.54, 1.807) is 24.3 Å². The highest BCUT2D eigenvalue weighted by atomic mass is 35.5. The third kappa shape index (κ3) is 6.92. The van der Waals surface area contributed by atoms with E-state index >= 15 is 0 Å². The largest absolute Gasteiger partial charge is 0.326 e. The average molecular weight is 310 g/mol. The summed E-state index contributed by atoms with van der Waals surface area (Å²) in [6, 6.07) is 6.93. The lowest BCUT2D eigenvalue weighted by atomic mass is 10.2. The highest BCUT2D eigenvalue weighted by Gasteiger charge is 2.10. The Labute approximate surface area is 130 Å². The van der Waals surface area contributed by atoms with Crippen molar-refractivity contribution in [2.75, 3.05) is 30.3 Å². The van der Waals surface area contributed by atoms with Crippen LogP contribution in [0.25, 0.3) is 0 Å². The van der Waals surface area contributed by atoms with Crippen LogP contribution in [-0.2, 0) is 9.59 Å². The number of benzene rings is 1. The number of likely N-dealkylation sites (N-methyl/N-ethyl adjacent to an activating group) is 1. The lowest BCUT2D eigenvalue weighted by molar-refractivity contribution is -0.117. The first kappa shape index (κ1) is 17.2. The van der Waals surface area contributed by atoms with Gasteiger partial charge in [0.25, 0.3) is 0 Å². The molecule has 1 aromatic rings. The van der Waals surface area contributed by atoms with Crippen LogP contribution in [0.2, 0.25) is 0 Å². The minimum Gasteiger partial charge on any atom is -0.326 e. The first-order valence-corrected chi connectivity index (χ1v) is 7.01. The minimum absolute atomic E-state index is 0.123. The summed E-state index contributed by atoms with van der Waals surface area (Å²) in [6.07, 6.45) is 0. The summed E-state index contributed by atoms with van der Waals surface area (Å²) in [4.78, 5) is 24.7. The molecule has 2 N–H and O–H groups in total. The van der Waals surface area contributed by atoms with Crippen LogP contribution in [0.5, 0.6) is 0 Å². The van der Waals surface area contributed by atoms with E-state index in [0.29, 0.717) is 29.5 Å². The number of nitrogens with zero attached hydrogens (tertiary/aromatic N) is 1. The van der Waals surface area contributed by atoms with Crippen molar-refractivity contribution in [2.45, 2.75) is 13.8 Å². The van der Waals surface area contributed by atoms with Gasteiger partial charge in [0, 0.05) is 29.9 Å². The van der Waals surface area contributed by atoms with Crippen LogP contribution >= 0.6 is 11.6 Å². The van der Waals surface area contributed by atoms with E-state index in [9.17, 15) is 9.59 Å². The van der Waals surface area contributed by atoms with Crippen molar-refractivity contribution >= 4 is 34.8 Å². The summed E-state index contributed by atoms with van der Waals surface area (Å²) >= 11 is 5.75. The van der Waals surface area contributed by atoms with E-state index < -0.39 is 0 Å². The number of carbonyl (C=O) groups excluding carboxylic acids is 2. The highest BCUT2D eigenvalue weighted by molar-refractivity contribution is 6.29. The SMILES string of the molecule is C=C(Cl)CN(CC)CC(=O)Nc1ccc(NC(C)=O)cc1. The minimum atomic E-state index is -0.133. The standard InChI is InChI=1S/C15H20ClN3O2/c1-4-19(9-11(2)16)10-15(21)18-14-7-5-13(6-8-14)17-12(3)20/h5-8H,2,4,9-10H2,1,3H3,(H,17,20)(H,18,21). The molecule has 0 unspecified atom stereocenters. The number of nitrogens with one attached hydrogen (secondary N) is 2. The van der Waals surface area contributed by atoms with Gasteiger partial charge < -0.3 is 10.6 Å². The van der Waals surface area contributed by atoms with Gasteiger partial charge in [0.2, 0.25) is 11.8 Å². The fourth-order valence-electron chi connectivity index (χ4n) is 1.77. The van der Waals surface area contributed by atoms with Crippen LogP contribution in [0.15, 0.2) is 35.9 Å². The van der Waals surface area contributed by atoms with E-state index in [4.69, 9.17) is 11.6 Å². The molecule has 0 heterocycles. The van der Waals surface area contributed by atoms with Gasteiger partial charge in [0.05, 0.1) is 6.54 Å². The van der Waals surface area contributed by atoms with Crippen molar-refractivity contribution in [2.24, 2.45) is 0 Å². The third-order valence-electron chi connectivity index (χ3n) is 2.70. The summed E-state index contributed by atoms with van der Waals surface area (Å²) in [5.41, 5.74) is 1.36. The summed E-state index contributed by atoms with van der Waals surface area (Å²) < 4.78 is 0. The fraction of sp³-hybridized carbons (Fsp3) is 0.333. The summed E-state index contributed by atoms with van der Waals surface area (Å²) in [5.74, 6) is -0.256. The predicted molar refractivity (Wildman–Crippen MR) is 86.5 cm³/mol. The monoisotopic (exact) mass is 309 g/mol. The number of carbonyl (C=O) groups is 2. The fourth-order valence-corrected chi connectivity index (χ4v) is 1.93. The second-order valence-corrected chi connectivity index (χ2v) is 5.16. The van der Waals surface area contributed by atoms with Crippen LogP contribution < -0.4 is 10.6 Å². The van der Waals surface area contributed by atoms with Crippen molar-refractivity contribution in [1.29, 1.82) is 0 Å². The Morgan fingerprint density at radius 1 is 1.14 bits per heavy atom. The molecule has 0 fully saturated rings. The van der Waals surface area contributed by atoms with Gasteiger partial charge in [-0.1, -0.05) is 25.1 Å². The number of hydrogen-bond donors (Lipinski definition) is 2. The molecule has 0 aromatic heterocycles. The molecule has 0 bridgehead atoms. The Morgan fingerprint density at radius 3 is 2.10 bits per heavy atom. The first-order chi connectivity index (χ1) is 9.90. The molecule has 0 radical (unpaired) electrons. The predicted octanol–water partition coefficient (Wildman–Crippen LogP) is 2.66. The molecule has 0 aliphatic rings. The van der Waals surface area contributed by atoms with Crippen LogP contribution in [-0.4, -0.2) is 36.3 Å². The number of halogens is 1. The molecule has 114 valence electrons. The maximum absolute atomic E-state index is 11.9. The summed E-state index contributed by atoms with van der Waals surface area (Å²) in [7, 11) is 0. The molecule has 1 aromatic carbocycles. The lowest BCUT2D eigenvalue weighted by Crippen LogP contribution is -2.33. The Balaban J connectivity index is 2.54. The molecule has 0 atom stereocenters. The van der Waals surface area contributed by atoms with Gasteiger partial charge in [0.1, 0.15) is 0 Å². The molecule has 0 aliphatic heterocycles.